The van der Waals surface area contributed by atoms with E-state index in [0.717, 1.165) is 12.2 Å². The van der Waals surface area contributed by atoms with E-state index in [4.69, 9.17) is 0 Å². The summed E-state index contributed by atoms with van der Waals surface area (Å²) in [6.07, 6.45) is 0. The first-order chi connectivity index (χ1) is 9.95. The molecule has 0 spiro atoms. The quantitative estimate of drug-likeness (QED) is 0.929. The molecule has 1 N–H and O–H groups in total. The van der Waals surface area contributed by atoms with Crippen LogP contribution < -0.4 is 5.32 Å². The summed E-state index contributed by atoms with van der Waals surface area (Å²) in [5.74, 6) is 0.0239. The van der Waals surface area contributed by atoms with Crippen LogP contribution >= 0.6 is 0 Å². The van der Waals surface area contributed by atoms with Crippen LogP contribution in [0, 0.1) is 13.8 Å². The third-order valence-electron chi connectivity index (χ3n) is 3.32. The summed E-state index contributed by atoms with van der Waals surface area (Å²) in [7, 11) is 3.52. The van der Waals surface area contributed by atoms with E-state index in [-0.39, 0.29) is 5.91 Å². The molecule has 0 atom stereocenters. The lowest BCUT2D eigenvalue weighted by molar-refractivity contribution is 0.0827. The molecular weight excluding hydrogens is 260 g/mol. The number of nitrogens with one attached hydrogen (secondary N) is 1. The first-order valence-electron chi connectivity index (χ1n) is 7.08. The van der Waals surface area contributed by atoms with Crippen molar-refractivity contribution in [3.8, 4) is 0 Å². The second-order valence-electron chi connectivity index (χ2n) is 5.63. The Bertz CT molecular complexity index is 610. The van der Waals surface area contributed by atoms with E-state index in [1.54, 1.807) is 19.0 Å². The van der Waals surface area contributed by atoms with Crippen molar-refractivity contribution >= 4 is 11.6 Å². The molecule has 2 aromatic carbocycles. The largest absolute Gasteiger partial charge is 0.381 e. The number of aryl methyl sites for hydroxylation is 2. The molecule has 0 saturated heterocycles. The van der Waals surface area contributed by atoms with Crippen molar-refractivity contribution in [1.29, 1.82) is 0 Å². The molecule has 0 aromatic heterocycles. The Labute approximate surface area is 126 Å². The average Bonchev–Trinajstić information content (AvgIpc) is 2.44. The lowest BCUT2D eigenvalue weighted by Crippen LogP contribution is -2.21. The Kier molecular flexibility index (Phi) is 4.63. The lowest BCUT2D eigenvalue weighted by atomic mass is 10.1. The first kappa shape index (κ1) is 15.1. The van der Waals surface area contributed by atoms with E-state index >= 15 is 0 Å². The Balaban J connectivity index is 2.02. The average molecular weight is 282 g/mol. The van der Waals surface area contributed by atoms with Crippen LogP contribution in [0.4, 0.5) is 5.69 Å². The molecule has 0 aliphatic heterocycles. The van der Waals surface area contributed by atoms with Gasteiger partial charge in [0.15, 0.2) is 0 Å². The highest BCUT2D eigenvalue weighted by Gasteiger charge is 2.06. The smallest absolute Gasteiger partial charge is 0.253 e. The van der Waals surface area contributed by atoms with Crippen LogP contribution in [-0.4, -0.2) is 24.9 Å². The highest BCUT2D eigenvalue weighted by Crippen LogP contribution is 2.14. The molecule has 0 aliphatic carbocycles. The summed E-state index contributed by atoms with van der Waals surface area (Å²) in [6.45, 7) is 5.00. The molecule has 0 unspecified atom stereocenters. The standard InChI is InChI=1S/C18H22N2O/c1-13-9-14(2)11-15(10-13)12-19-17-7-5-16(6-8-17)18(21)20(3)4/h5-11,19H,12H2,1-4H3. The van der Waals surface area contributed by atoms with E-state index in [1.807, 2.05) is 24.3 Å². The van der Waals surface area contributed by atoms with Crippen LogP contribution in [0.15, 0.2) is 42.5 Å². The van der Waals surface area contributed by atoms with Gasteiger partial charge in [0.25, 0.3) is 5.91 Å². The van der Waals surface area contributed by atoms with Gasteiger partial charge in [-0.3, -0.25) is 4.79 Å². The van der Waals surface area contributed by atoms with Gasteiger partial charge in [0.05, 0.1) is 0 Å². The molecule has 2 rings (SSSR count). The summed E-state index contributed by atoms with van der Waals surface area (Å²) in [4.78, 5) is 13.4. The Hall–Kier alpha value is -2.29. The molecule has 0 fully saturated rings. The molecule has 0 bridgehead atoms. The number of hydrogen-bond acceptors (Lipinski definition) is 2. The van der Waals surface area contributed by atoms with Crippen molar-refractivity contribution in [1.82, 2.24) is 4.90 Å². The van der Waals surface area contributed by atoms with Gasteiger partial charge in [0.2, 0.25) is 0 Å². The molecule has 3 heteroatoms. The molecule has 1 amide bonds. The van der Waals surface area contributed by atoms with Gasteiger partial charge in [-0.05, 0) is 43.7 Å². The molecule has 2 aromatic rings. The number of benzene rings is 2. The van der Waals surface area contributed by atoms with E-state index in [1.165, 1.54) is 16.7 Å². The fraction of sp³-hybridized carbons (Fsp3) is 0.278. The van der Waals surface area contributed by atoms with Crippen molar-refractivity contribution in [3.05, 3.63) is 64.7 Å². The molecule has 0 saturated carbocycles. The van der Waals surface area contributed by atoms with Gasteiger partial charge in [0.1, 0.15) is 0 Å². The normalized spacial score (nSPS) is 10.3. The molecule has 3 nitrogen and oxygen atoms in total. The Morgan fingerprint density at radius 2 is 1.57 bits per heavy atom. The van der Waals surface area contributed by atoms with E-state index < -0.39 is 0 Å². The maximum absolute atomic E-state index is 11.8. The molecule has 0 aliphatic rings. The molecule has 110 valence electrons. The van der Waals surface area contributed by atoms with Crippen LogP contribution in [0.5, 0.6) is 0 Å². The van der Waals surface area contributed by atoms with Gasteiger partial charge >= 0.3 is 0 Å². The topological polar surface area (TPSA) is 32.3 Å². The number of carbonyl (C=O) groups excluding carboxylic acids is 1. The van der Waals surface area contributed by atoms with Crippen LogP contribution in [0.2, 0.25) is 0 Å². The van der Waals surface area contributed by atoms with E-state index in [9.17, 15) is 4.79 Å². The van der Waals surface area contributed by atoms with Crippen molar-refractivity contribution in [3.63, 3.8) is 0 Å². The molecular formula is C18H22N2O. The van der Waals surface area contributed by atoms with Crippen molar-refractivity contribution < 1.29 is 4.79 Å². The van der Waals surface area contributed by atoms with Gasteiger partial charge in [-0.1, -0.05) is 29.3 Å². The summed E-state index contributed by atoms with van der Waals surface area (Å²) in [6, 6.07) is 14.1. The fourth-order valence-electron chi connectivity index (χ4n) is 2.36. The number of nitrogens with zero attached hydrogens (tertiary/aromatic N) is 1. The predicted molar refractivity (Wildman–Crippen MR) is 87.7 cm³/mol. The molecule has 21 heavy (non-hydrogen) atoms. The van der Waals surface area contributed by atoms with Crippen LogP contribution in [0.25, 0.3) is 0 Å². The van der Waals surface area contributed by atoms with Crippen LogP contribution in [-0.2, 0) is 6.54 Å². The zero-order valence-corrected chi connectivity index (χ0v) is 13.1. The number of carbonyl (C=O) groups is 1. The van der Waals surface area contributed by atoms with Gasteiger partial charge in [0, 0.05) is 31.9 Å². The van der Waals surface area contributed by atoms with Gasteiger partial charge in [-0.15, -0.1) is 0 Å². The number of rotatable bonds is 4. The van der Waals surface area contributed by atoms with Crippen LogP contribution in [0.1, 0.15) is 27.0 Å². The van der Waals surface area contributed by atoms with Crippen molar-refractivity contribution in [2.75, 3.05) is 19.4 Å². The summed E-state index contributed by atoms with van der Waals surface area (Å²) in [5.41, 5.74) is 5.54. The van der Waals surface area contributed by atoms with Gasteiger partial charge < -0.3 is 10.2 Å². The fourth-order valence-corrected chi connectivity index (χ4v) is 2.36. The van der Waals surface area contributed by atoms with E-state index in [0.29, 0.717) is 5.56 Å². The highest BCUT2D eigenvalue weighted by molar-refractivity contribution is 5.94. The van der Waals surface area contributed by atoms with Gasteiger partial charge in [-0.25, -0.2) is 0 Å². The minimum absolute atomic E-state index is 0.0239. The van der Waals surface area contributed by atoms with E-state index in [2.05, 4.69) is 37.4 Å². The third-order valence-corrected chi connectivity index (χ3v) is 3.32. The third kappa shape index (κ3) is 4.09. The number of hydrogen-bond donors (Lipinski definition) is 1. The first-order valence-corrected chi connectivity index (χ1v) is 7.08. The van der Waals surface area contributed by atoms with Gasteiger partial charge in [-0.2, -0.15) is 0 Å². The minimum atomic E-state index is 0.0239. The Morgan fingerprint density at radius 1 is 1.00 bits per heavy atom. The van der Waals surface area contributed by atoms with Crippen molar-refractivity contribution in [2.45, 2.75) is 20.4 Å². The molecule has 0 radical (unpaired) electrons. The lowest BCUT2D eigenvalue weighted by Gasteiger charge is -2.12. The zero-order valence-electron chi connectivity index (χ0n) is 13.1. The summed E-state index contributed by atoms with van der Waals surface area (Å²) < 4.78 is 0. The monoisotopic (exact) mass is 282 g/mol. The summed E-state index contributed by atoms with van der Waals surface area (Å²) >= 11 is 0. The number of anilines is 1. The highest BCUT2D eigenvalue weighted by atomic mass is 16.2. The van der Waals surface area contributed by atoms with Crippen molar-refractivity contribution in [2.24, 2.45) is 0 Å². The number of amides is 1. The molecule has 0 heterocycles. The predicted octanol–water partition coefficient (Wildman–Crippen LogP) is 3.62. The SMILES string of the molecule is Cc1cc(C)cc(CNc2ccc(C(=O)N(C)C)cc2)c1. The summed E-state index contributed by atoms with van der Waals surface area (Å²) in [5, 5.41) is 3.39. The van der Waals surface area contributed by atoms with Crippen LogP contribution in [0.3, 0.4) is 0 Å². The zero-order chi connectivity index (χ0) is 15.4. The maximum Gasteiger partial charge on any atom is 0.253 e. The second kappa shape index (κ2) is 6.44. The second-order valence-corrected chi connectivity index (χ2v) is 5.63. The minimum Gasteiger partial charge on any atom is -0.381 e. The Morgan fingerprint density at radius 3 is 2.10 bits per heavy atom. The maximum atomic E-state index is 11.8.